The molecule has 2 rings (SSSR count). The Labute approximate surface area is 107 Å². The van der Waals surface area contributed by atoms with Gasteiger partial charge in [-0.2, -0.15) is 5.26 Å². The predicted molar refractivity (Wildman–Crippen MR) is 66.2 cm³/mol. The van der Waals surface area contributed by atoms with Crippen LogP contribution in [-0.4, -0.2) is 24.0 Å². The molecule has 1 atom stereocenters. The molecular weight excluding hydrogens is 284 g/mol. The van der Waals surface area contributed by atoms with E-state index in [-0.39, 0.29) is 11.8 Å². The Morgan fingerprint density at radius 2 is 2.47 bits per heavy atom. The van der Waals surface area contributed by atoms with Gasteiger partial charge in [0.2, 0.25) is 5.91 Å². The van der Waals surface area contributed by atoms with Crippen molar-refractivity contribution in [1.82, 2.24) is 4.98 Å². The van der Waals surface area contributed by atoms with Crippen LogP contribution in [-0.2, 0) is 4.79 Å². The van der Waals surface area contributed by atoms with Crippen LogP contribution in [0.3, 0.4) is 0 Å². The lowest BCUT2D eigenvalue weighted by atomic mass is 10.1. The Morgan fingerprint density at radius 1 is 1.71 bits per heavy atom. The van der Waals surface area contributed by atoms with E-state index < -0.39 is 0 Å². The van der Waals surface area contributed by atoms with E-state index in [1.165, 1.54) is 0 Å². The highest BCUT2D eigenvalue weighted by atomic mass is 79.9. The molecule has 1 aliphatic heterocycles. The zero-order chi connectivity index (χ0) is 12.4. The van der Waals surface area contributed by atoms with E-state index in [2.05, 4.69) is 20.9 Å². The van der Waals surface area contributed by atoms with Crippen molar-refractivity contribution >= 4 is 27.7 Å². The molecule has 17 heavy (non-hydrogen) atoms. The molecule has 1 aliphatic rings. The van der Waals surface area contributed by atoms with Crippen molar-refractivity contribution in [3.63, 3.8) is 0 Å². The van der Waals surface area contributed by atoms with Crippen molar-refractivity contribution in [2.24, 2.45) is 11.7 Å². The van der Waals surface area contributed by atoms with Gasteiger partial charge >= 0.3 is 0 Å². The fraction of sp³-hybridized carbons (Fsp3) is 0.364. The number of nitrogens with two attached hydrogens (primary N) is 1. The van der Waals surface area contributed by atoms with E-state index in [0.29, 0.717) is 30.9 Å². The molecule has 1 aromatic rings. The number of pyridine rings is 1. The van der Waals surface area contributed by atoms with Crippen LogP contribution in [0.25, 0.3) is 0 Å². The molecule has 0 aliphatic carbocycles. The highest BCUT2D eigenvalue weighted by molar-refractivity contribution is 9.10. The first kappa shape index (κ1) is 12.0. The summed E-state index contributed by atoms with van der Waals surface area (Å²) >= 11 is 3.25. The average molecular weight is 295 g/mol. The van der Waals surface area contributed by atoms with Gasteiger partial charge in [0.1, 0.15) is 6.07 Å². The second-order valence-electron chi connectivity index (χ2n) is 3.95. The number of nitrogens with zero attached hydrogens (tertiary/aromatic N) is 3. The number of amides is 1. The van der Waals surface area contributed by atoms with Crippen molar-refractivity contribution in [3.8, 4) is 6.07 Å². The standard InChI is InChI=1S/C11H11BrN4O/c12-9-2-8(4-14)11(15-5-9)16-6-7(3-13)1-10(16)17/h2,5,7H,1,3,6,13H2. The third-order valence-electron chi connectivity index (χ3n) is 2.75. The average Bonchev–Trinajstić information content (AvgIpc) is 2.70. The Morgan fingerprint density at radius 3 is 3.06 bits per heavy atom. The molecule has 1 unspecified atom stereocenters. The molecule has 1 fully saturated rings. The third kappa shape index (κ3) is 2.30. The number of aromatic nitrogens is 1. The molecule has 2 N–H and O–H groups in total. The summed E-state index contributed by atoms with van der Waals surface area (Å²) in [6, 6.07) is 3.71. The molecule has 88 valence electrons. The zero-order valence-corrected chi connectivity index (χ0v) is 10.6. The minimum Gasteiger partial charge on any atom is -0.330 e. The lowest BCUT2D eigenvalue weighted by Gasteiger charge is -2.16. The Bertz CT molecular complexity index is 497. The van der Waals surface area contributed by atoms with E-state index in [1.54, 1.807) is 17.2 Å². The van der Waals surface area contributed by atoms with Gasteiger partial charge < -0.3 is 5.73 Å². The van der Waals surface area contributed by atoms with Crippen LogP contribution in [0.5, 0.6) is 0 Å². The smallest absolute Gasteiger partial charge is 0.228 e. The fourth-order valence-corrected chi connectivity index (χ4v) is 2.20. The number of nitriles is 1. The van der Waals surface area contributed by atoms with Crippen LogP contribution in [0.2, 0.25) is 0 Å². The molecule has 6 heteroatoms. The summed E-state index contributed by atoms with van der Waals surface area (Å²) in [6.07, 6.45) is 2.01. The van der Waals surface area contributed by atoms with Crippen LogP contribution in [0.15, 0.2) is 16.7 Å². The molecule has 2 heterocycles. The second-order valence-corrected chi connectivity index (χ2v) is 4.86. The first-order valence-corrected chi connectivity index (χ1v) is 6.01. The first-order valence-electron chi connectivity index (χ1n) is 5.21. The number of hydrogen-bond donors (Lipinski definition) is 1. The lowest BCUT2D eigenvalue weighted by Crippen LogP contribution is -2.27. The molecular formula is C11H11BrN4O. The summed E-state index contributed by atoms with van der Waals surface area (Å²) in [5, 5.41) is 9.04. The van der Waals surface area contributed by atoms with Gasteiger partial charge in [0.15, 0.2) is 5.82 Å². The maximum absolute atomic E-state index is 11.8. The van der Waals surface area contributed by atoms with Gasteiger partial charge in [-0.05, 0) is 34.5 Å². The van der Waals surface area contributed by atoms with Gasteiger partial charge in [0, 0.05) is 23.6 Å². The Hall–Kier alpha value is -1.45. The minimum atomic E-state index is -0.0215. The summed E-state index contributed by atoms with van der Waals surface area (Å²) < 4.78 is 0.722. The number of anilines is 1. The summed E-state index contributed by atoms with van der Waals surface area (Å²) in [5.74, 6) is 0.558. The maximum atomic E-state index is 11.8. The number of carbonyl (C=O) groups excluding carboxylic acids is 1. The van der Waals surface area contributed by atoms with Crippen LogP contribution in [0.1, 0.15) is 12.0 Å². The normalized spacial score (nSPS) is 19.5. The molecule has 0 saturated carbocycles. The molecule has 0 bridgehead atoms. The lowest BCUT2D eigenvalue weighted by molar-refractivity contribution is -0.117. The third-order valence-corrected chi connectivity index (χ3v) is 3.18. The van der Waals surface area contributed by atoms with E-state index >= 15 is 0 Å². The van der Waals surface area contributed by atoms with Crippen LogP contribution in [0, 0.1) is 17.2 Å². The molecule has 1 aromatic heterocycles. The van der Waals surface area contributed by atoms with Crippen molar-refractivity contribution in [2.75, 3.05) is 18.0 Å². The van der Waals surface area contributed by atoms with Crippen molar-refractivity contribution in [1.29, 1.82) is 5.26 Å². The van der Waals surface area contributed by atoms with Gasteiger partial charge in [0.25, 0.3) is 0 Å². The number of hydrogen-bond acceptors (Lipinski definition) is 4. The van der Waals surface area contributed by atoms with Gasteiger partial charge in [0.05, 0.1) is 5.56 Å². The molecule has 1 amide bonds. The van der Waals surface area contributed by atoms with Crippen molar-refractivity contribution in [3.05, 3.63) is 22.3 Å². The molecule has 0 radical (unpaired) electrons. The van der Waals surface area contributed by atoms with Gasteiger partial charge in [-0.15, -0.1) is 0 Å². The number of carbonyl (C=O) groups is 1. The van der Waals surface area contributed by atoms with E-state index in [0.717, 1.165) is 4.47 Å². The first-order chi connectivity index (χ1) is 8.15. The van der Waals surface area contributed by atoms with Crippen molar-refractivity contribution in [2.45, 2.75) is 6.42 Å². The monoisotopic (exact) mass is 294 g/mol. The largest absolute Gasteiger partial charge is 0.330 e. The number of halogens is 1. The molecule has 1 saturated heterocycles. The summed E-state index contributed by atoms with van der Waals surface area (Å²) in [6.45, 7) is 1.01. The minimum absolute atomic E-state index is 0.0215. The maximum Gasteiger partial charge on any atom is 0.228 e. The Kier molecular flexibility index (Phi) is 3.41. The molecule has 5 nitrogen and oxygen atoms in total. The molecule has 0 spiro atoms. The summed E-state index contributed by atoms with van der Waals surface area (Å²) in [4.78, 5) is 17.5. The Balaban J connectivity index is 2.35. The molecule has 0 aromatic carbocycles. The SMILES string of the molecule is N#Cc1cc(Br)cnc1N1CC(CN)CC1=O. The van der Waals surface area contributed by atoms with Gasteiger partial charge in [-0.25, -0.2) is 4.98 Å². The number of rotatable bonds is 2. The fourth-order valence-electron chi connectivity index (χ4n) is 1.87. The topological polar surface area (TPSA) is 83.0 Å². The predicted octanol–water partition coefficient (Wildman–Crippen LogP) is 1.03. The summed E-state index contributed by atoms with van der Waals surface area (Å²) in [7, 11) is 0. The van der Waals surface area contributed by atoms with Gasteiger partial charge in [-0.1, -0.05) is 0 Å². The van der Waals surface area contributed by atoms with E-state index in [4.69, 9.17) is 11.0 Å². The quantitative estimate of drug-likeness (QED) is 0.883. The zero-order valence-electron chi connectivity index (χ0n) is 9.06. The van der Waals surface area contributed by atoms with Gasteiger partial charge in [-0.3, -0.25) is 9.69 Å². The van der Waals surface area contributed by atoms with Crippen molar-refractivity contribution < 1.29 is 4.79 Å². The van der Waals surface area contributed by atoms with E-state index in [9.17, 15) is 4.79 Å². The van der Waals surface area contributed by atoms with Crippen LogP contribution < -0.4 is 10.6 Å². The van der Waals surface area contributed by atoms with Crippen LogP contribution in [0.4, 0.5) is 5.82 Å². The second kappa shape index (κ2) is 4.82. The van der Waals surface area contributed by atoms with E-state index in [1.807, 2.05) is 6.07 Å². The highest BCUT2D eigenvalue weighted by Crippen LogP contribution is 2.27. The highest BCUT2D eigenvalue weighted by Gasteiger charge is 2.31. The summed E-state index contributed by atoms with van der Waals surface area (Å²) in [5.41, 5.74) is 5.95. The van der Waals surface area contributed by atoms with Crippen LogP contribution >= 0.6 is 15.9 Å².